The van der Waals surface area contributed by atoms with Gasteiger partial charge in [-0.15, -0.1) is 0 Å². The Labute approximate surface area is 95.9 Å². The summed E-state index contributed by atoms with van der Waals surface area (Å²) in [5, 5.41) is 0. The predicted octanol–water partition coefficient (Wildman–Crippen LogP) is 0.393. The lowest BCUT2D eigenvalue weighted by Gasteiger charge is -2.24. The van der Waals surface area contributed by atoms with Crippen LogP contribution in [0.5, 0.6) is 0 Å². The van der Waals surface area contributed by atoms with Gasteiger partial charge in [0.25, 0.3) is 5.56 Å². The molecule has 0 aliphatic carbocycles. The largest absolute Gasteiger partial charge is 0.354 e. The third-order valence-corrected chi connectivity index (χ3v) is 2.37. The van der Waals surface area contributed by atoms with Gasteiger partial charge < -0.3 is 15.2 Å². The monoisotopic (exact) mass is 224 g/mol. The highest BCUT2D eigenvalue weighted by atomic mass is 16.1. The summed E-state index contributed by atoms with van der Waals surface area (Å²) < 4.78 is 1.68. The lowest BCUT2D eigenvalue weighted by molar-refractivity contribution is 0.382. The molecule has 0 aliphatic heterocycles. The summed E-state index contributed by atoms with van der Waals surface area (Å²) in [6.07, 6.45) is 3.36. The molecule has 1 aromatic heterocycles. The van der Waals surface area contributed by atoms with Crippen molar-refractivity contribution in [2.24, 2.45) is 5.73 Å². The van der Waals surface area contributed by atoms with E-state index in [2.05, 4.69) is 4.98 Å². The number of rotatable bonds is 3. The minimum atomic E-state index is -0.238. The van der Waals surface area contributed by atoms with Crippen LogP contribution in [-0.4, -0.2) is 29.7 Å². The summed E-state index contributed by atoms with van der Waals surface area (Å²) >= 11 is 0. The summed E-state index contributed by atoms with van der Waals surface area (Å²) in [4.78, 5) is 18.0. The van der Waals surface area contributed by atoms with Crippen LogP contribution < -0.4 is 16.2 Å². The third kappa shape index (κ3) is 2.61. The molecule has 0 unspecified atom stereocenters. The fraction of sp³-hybridized carbons (Fsp3) is 0.636. The molecule has 0 amide bonds. The Hall–Kier alpha value is -1.36. The smallest absolute Gasteiger partial charge is 0.293 e. The van der Waals surface area contributed by atoms with Crippen molar-refractivity contribution in [2.75, 3.05) is 25.0 Å². The van der Waals surface area contributed by atoms with Crippen molar-refractivity contribution in [2.45, 2.75) is 26.3 Å². The first kappa shape index (κ1) is 12.7. The molecule has 1 rings (SSSR count). The van der Waals surface area contributed by atoms with E-state index in [1.54, 1.807) is 21.9 Å². The highest BCUT2D eigenvalue weighted by Gasteiger charge is 2.17. The molecule has 0 aromatic carbocycles. The van der Waals surface area contributed by atoms with E-state index in [0.717, 1.165) is 0 Å². The minimum absolute atomic E-state index is 0.0778. The molecule has 16 heavy (non-hydrogen) atoms. The second-order valence-corrected chi connectivity index (χ2v) is 4.81. The summed E-state index contributed by atoms with van der Waals surface area (Å²) in [7, 11) is 1.82. The van der Waals surface area contributed by atoms with Crippen molar-refractivity contribution in [1.82, 2.24) is 9.55 Å². The van der Waals surface area contributed by atoms with Gasteiger partial charge in [-0.25, -0.2) is 4.98 Å². The highest BCUT2D eigenvalue weighted by Crippen LogP contribution is 2.11. The standard InChI is InChI=1S/C11H20N4O/c1-11(2,3)15-8-6-13-9(10(15)16)14(4)7-5-12/h6,8H,5,7,12H2,1-4H3. The van der Waals surface area contributed by atoms with E-state index in [-0.39, 0.29) is 11.1 Å². The van der Waals surface area contributed by atoms with Gasteiger partial charge in [0, 0.05) is 38.1 Å². The van der Waals surface area contributed by atoms with Gasteiger partial charge in [0.05, 0.1) is 0 Å². The lowest BCUT2D eigenvalue weighted by Crippen LogP contribution is -2.38. The van der Waals surface area contributed by atoms with E-state index in [0.29, 0.717) is 18.9 Å². The third-order valence-electron chi connectivity index (χ3n) is 2.37. The van der Waals surface area contributed by atoms with Crippen LogP contribution in [0, 0.1) is 0 Å². The fourth-order valence-corrected chi connectivity index (χ4v) is 1.49. The molecular formula is C11H20N4O. The number of likely N-dealkylation sites (N-methyl/N-ethyl adjacent to an activating group) is 1. The van der Waals surface area contributed by atoms with Gasteiger partial charge >= 0.3 is 0 Å². The molecule has 1 heterocycles. The van der Waals surface area contributed by atoms with Crippen LogP contribution in [0.2, 0.25) is 0 Å². The zero-order valence-electron chi connectivity index (χ0n) is 10.4. The van der Waals surface area contributed by atoms with Gasteiger partial charge in [-0.05, 0) is 20.8 Å². The van der Waals surface area contributed by atoms with Crippen LogP contribution in [0.3, 0.4) is 0 Å². The molecule has 0 saturated carbocycles. The number of nitrogens with two attached hydrogens (primary N) is 1. The second-order valence-electron chi connectivity index (χ2n) is 4.81. The lowest BCUT2D eigenvalue weighted by atomic mass is 10.1. The van der Waals surface area contributed by atoms with Gasteiger partial charge in [-0.1, -0.05) is 0 Å². The van der Waals surface area contributed by atoms with Crippen molar-refractivity contribution in [3.63, 3.8) is 0 Å². The molecule has 0 radical (unpaired) electrons. The Balaban J connectivity index is 3.20. The Bertz CT molecular complexity index is 405. The quantitative estimate of drug-likeness (QED) is 0.807. The fourth-order valence-electron chi connectivity index (χ4n) is 1.49. The van der Waals surface area contributed by atoms with Crippen LogP contribution >= 0.6 is 0 Å². The maximum atomic E-state index is 12.1. The maximum absolute atomic E-state index is 12.1. The highest BCUT2D eigenvalue weighted by molar-refractivity contribution is 5.34. The summed E-state index contributed by atoms with van der Waals surface area (Å²) in [5.41, 5.74) is 5.15. The van der Waals surface area contributed by atoms with Gasteiger partial charge in [0.15, 0.2) is 5.82 Å². The normalized spacial score (nSPS) is 11.6. The van der Waals surface area contributed by atoms with Crippen molar-refractivity contribution < 1.29 is 0 Å². The Morgan fingerprint density at radius 1 is 1.50 bits per heavy atom. The Kier molecular flexibility index (Phi) is 3.70. The Morgan fingerprint density at radius 3 is 2.62 bits per heavy atom. The van der Waals surface area contributed by atoms with Crippen LogP contribution in [0.1, 0.15) is 20.8 Å². The summed E-state index contributed by atoms with van der Waals surface area (Å²) in [6, 6.07) is 0. The van der Waals surface area contributed by atoms with Crippen LogP contribution in [0.4, 0.5) is 5.82 Å². The van der Waals surface area contributed by atoms with Crippen LogP contribution in [0.25, 0.3) is 0 Å². The average molecular weight is 224 g/mol. The number of hydrogen-bond acceptors (Lipinski definition) is 4. The zero-order valence-corrected chi connectivity index (χ0v) is 10.4. The summed E-state index contributed by atoms with van der Waals surface area (Å²) in [6.45, 7) is 7.09. The van der Waals surface area contributed by atoms with E-state index in [9.17, 15) is 4.79 Å². The van der Waals surface area contributed by atoms with Crippen molar-refractivity contribution >= 4 is 5.82 Å². The van der Waals surface area contributed by atoms with Crippen LogP contribution in [-0.2, 0) is 5.54 Å². The summed E-state index contributed by atoms with van der Waals surface area (Å²) in [5.74, 6) is 0.447. The first-order valence-corrected chi connectivity index (χ1v) is 5.37. The molecule has 1 aromatic rings. The number of nitrogens with zero attached hydrogens (tertiary/aromatic N) is 3. The molecule has 0 bridgehead atoms. The number of hydrogen-bond donors (Lipinski definition) is 1. The predicted molar refractivity (Wildman–Crippen MR) is 65.8 cm³/mol. The molecule has 0 spiro atoms. The Morgan fingerprint density at radius 2 is 2.12 bits per heavy atom. The van der Waals surface area contributed by atoms with Crippen molar-refractivity contribution in [1.29, 1.82) is 0 Å². The molecule has 5 heteroatoms. The van der Waals surface area contributed by atoms with E-state index in [1.165, 1.54) is 0 Å². The molecule has 2 N–H and O–H groups in total. The molecule has 5 nitrogen and oxygen atoms in total. The van der Waals surface area contributed by atoms with Gasteiger partial charge in [-0.3, -0.25) is 4.79 Å². The van der Waals surface area contributed by atoms with E-state index in [4.69, 9.17) is 5.73 Å². The number of aromatic nitrogens is 2. The SMILES string of the molecule is CN(CCN)c1nccn(C(C)(C)C)c1=O. The van der Waals surface area contributed by atoms with Crippen molar-refractivity contribution in [3.05, 3.63) is 22.7 Å². The maximum Gasteiger partial charge on any atom is 0.293 e. The molecule has 0 fully saturated rings. The van der Waals surface area contributed by atoms with Gasteiger partial charge in [0.2, 0.25) is 0 Å². The zero-order chi connectivity index (χ0) is 12.3. The van der Waals surface area contributed by atoms with E-state index in [1.807, 2.05) is 27.8 Å². The molecule has 0 aliphatic rings. The molecule has 90 valence electrons. The van der Waals surface area contributed by atoms with Gasteiger partial charge in [-0.2, -0.15) is 0 Å². The first-order valence-electron chi connectivity index (χ1n) is 5.37. The number of anilines is 1. The first-order chi connectivity index (χ1) is 7.38. The van der Waals surface area contributed by atoms with E-state index < -0.39 is 0 Å². The topological polar surface area (TPSA) is 64.2 Å². The second kappa shape index (κ2) is 4.65. The van der Waals surface area contributed by atoms with Crippen molar-refractivity contribution in [3.8, 4) is 0 Å². The van der Waals surface area contributed by atoms with E-state index >= 15 is 0 Å². The molecule has 0 saturated heterocycles. The van der Waals surface area contributed by atoms with Gasteiger partial charge in [0.1, 0.15) is 0 Å². The molecule has 0 atom stereocenters. The van der Waals surface area contributed by atoms with Crippen LogP contribution in [0.15, 0.2) is 17.2 Å². The average Bonchev–Trinajstić information content (AvgIpc) is 2.16. The molecular weight excluding hydrogens is 204 g/mol. The minimum Gasteiger partial charge on any atom is -0.354 e.